The van der Waals surface area contributed by atoms with Gasteiger partial charge < -0.3 is 5.32 Å². The van der Waals surface area contributed by atoms with Crippen LogP contribution in [0, 0.1) is 18.6 Å². The van der Waals surface area contributed by atoms with E-state index >= 15 is 0 Å². The predicted molar refractivity (Wildman–Crippen MR) is 116 cm³/mol. The number of benzene rings is 2. The molecule has 0 saturated carbocycles. The predicted octanol–water partition coefficient (Wildman–Crippen LogP) is 4.56. The van der Waals surface area contributed by atoms with Crippen molar-refractivity contribution in [2.75, 3.05) is 11.9 Å². The minimum absolute atomic E-state index is 0.0636. The minimum Gasteiger partial charge on any atom is -0.317 e. The number of anilines is 1. The lowest BCUT2D eigenvalue weighted by atomic mass is 10.2. The molecule has 0 aliphatic carbocycles. The van der Waals surface area contributed by atoms with Crippen molar-refractivity contribution in [1.82, 2.24) is 14.5 Å². The number of halogens is 3. The fourth-order valence-electron chi connectivity index (χ4n) is 3.37. The van der Waals surface area contributed by atoms with Crippen LogP contribution < -0.4 is 5.32 Å². The summed E-state index contributed by atoms with van der Waals surface area (Å²) in [4.78, 5) is 12.5. The van der Waals surface area contributed by atoms with Crippen molar-refractivity contribution >= 4 is 44.6 Å². The van der Waals surface area contributed by atoms with Gasteiger partial charge in [0.25, 0.3) is 5.91 Å². The number of aromatic nitrogens is 2. The molecule has 2 heterocycles. The highest BCUT2D eigenvalue weighted by Gasteiger charge is 2.38. The van der Waals surface area contributed by atoms with E-state index in [-0.39, 0.29) is 15.6 Å². The molecular formula is C20H17ClF2N4O3S2. The maximum Gasteiger partial charge on any atom is 0.286 e. The Labute approximate surface area is 192 Å². The third kappa shape index (κ3) is 4.38. The van der Waals surface area contributed by atoms with Gasteiger partial charge in [0.1, 0.15) is 16.6 Å². The van der Waals surface area contributed by atoms with Crippen molar-refractivity contribution in [3.8, 4) is 0 Å². The Morgan fingerprint density at radius 2 is 2.00 bits per heavy atom. The molecule has 12 heteroatoms. The molecule has 0 bridgehead atoms. The highest BCUT2D eigenvalue weighted by atomic mass is 35.5. The highest BCUT2D eigenvalue weighted by Crippen LogP contribution is 2.38. The molecular weight excluding hydrogens is 482 g/mol. The third-order valence-electron chi connectivity index (χ3n) is 5.05. The second-order valence-electron chi connectivity index (χ2n) is 7.21. The molecule has 1 amide bonds. The number of nitrogens with zero attached hydrogens (tertiary/aromatic N) is 3. The number of rotatable bonds is 5. The number of amides is 1. The summed E-state index contributed by atoms with van der Waals surface area (Å²) in [5.74, 6) is -2.42. The van der Waals surface area contributed by atoms with Gasteiger partial charge >= 0.3 is 0 Å². The summed E-state index contributed by atoms with van der Waals surface area (Å²) in [6, 6.07) is 6.74. The molecule has 0 unspecified atom stereocenters. The second kappa shape index (κ2) is 8.81. The van der Waals surface area contributed by atoms with Crippen molar-refractivity contribution in [2.45, 2.75) is 30.7 Å². The molecule has 168 valence electrons. The summed E-state index contributed by atoms with van der Waals surface area (Å²) in [6.07, 6.45) is 1.13. The zero-order chi connectivity index (χ0) is 23.0. The quantitative estimate of drug-likeness (QED) is 0.557. The molecule has 0 radical (unpaired) electrons. The number of aryl methyl sites for hydroxylation is 1. The van der Waals surface area contributed by atoms with Crippen molar-refractivity contribution in [1.29, 1.82) is 0 Å². The number of nitrogens with one attached hydrogen (secondary N) is 1. The molecule has 7 nitrogen and oxygen atoms in total. The summed E-state index contributed by atoms with van der Waals surface area (Å²) in [6.45, 7) is 2.07. The maximum absolute atomic E-state index is 13.8. The van der Waals surface area contributed by atoms with Gasteiger partial charge in [0.05, 0.1) is 16.6 Å². The first-order chi connectivity index (χ1) is 15.2. The number of hydrogen-bond acceptors (Lipinski definition) is 6. The van der Waals surface area contributed by atoms with Gasteiger partial charge in [-0.25, -0.2) is 17.2 Å². The van der Waals surface area contributed by atoms with Crippen LogP contribution >= 0.6 is 22.9 Å². The van der Waals surface area contributed by atoms with E-state index < -0.39 is 33.6 Å². The molecule has 1 aliphatic heterocycles. The van der Waals surface area contributed by atoms with Gasteiger partial charge in [0, 0.05) is 17.6 Å². The Bertz CT molecular complexity index is 1300. The van der Waals surface area contributed by atoms with Crippen LogP contribution in [0.3, 0.4) is 0 Å². The summed E-state index contributed by atoms with van der Waals surface area (Å²) >= 11 is 7.03. The van der Waals surface area contributed by atoms with Gasteiger partial charge in [-0.2, -0.15) is 4.31 Å². The van der Waals surface area contributed by atoms with Crippen molar-refractivity contribution in [3.05, 3.63) is 68.6 Å². The Morgan fingerprint density at radius 3 is 2.72 bits per heavy atom. The maximum atomic E-state index is 13.8. The number of carbonyl (C=O) groups is 1. The molecule has 1 saturated heterocycles. The lowest BCUT2D eigenvalue weighted by molar-refractivity contribution is 0.102. The van der Waals surface area contributed by atoms with Crippen LogP contribution in [0.15, 0.2) is 41.3 Å². The molecule has 1 atom stereocenters. The van der Waals surface area contributed by atoms with E-state index in [1.165, 1.54) is 16.4 Å². The van der Waals surface area contributed by atoms with E-state index in [4.69, 9.17) is 11.6 Å². The SMILES string of the molecule is Cc1ccc(S(=O)(=O)N2CCC[C@H]2c2nnc(C(=O)Nc3ccc(F)cc3F)s2)cc1Cl. The first kappa shape index (κ1) is 22.7. The van der Waals surface area contributed by atoms with E-state index in [2.05, 4.69) is 15.5 Å². The van der Waals surface area contributed by atoms with E-state index in [9.17, 15) is 22.0 Å². The Kier molecular flexibility index (Phi) is 6.26. The van der Waals surface area contributed by atoms with Crippen molar-refractivity contribution in [2.24, 2.45) is 0 Å². The molecule has 1 N–H and O–H groups in total. The molecule has 1 aliphatic rings. The standard InChI is InChI=1S/C20H17ClF2N4O3S2/c1-11-4-6-13(10-14(11)21)32(29,30)27-8-2-3-17(27)19-25-26-20(31-19)18(28)24-16-7-5-12(22)9-15(16)23/h4-7,9-10,17H,2-3,8H2,1H3,(H,24,28)/t17-/m0/s1. The zero-order valence-corrected chi connectivity index (χ0v) is 19.1. The van der Waals surface area contributed by atoms with Gasteiger partial charge in [-0.3, -0.25) is 4.79 Å². The van der Waals surface area contributed by atoms with Crippen molar-refractivity contribution in [3.63, 3.8) is 0 Å². The number of hydrogen-bond donors (Lipinski definition) is 1. The lowest BCUT2D eigenvalue weighted by Gasteiger charge is -2.22. The topological polar surface area (TPSA) is 92.3 Å². The second-order valence-corrected chi connectivity index (χ2v) is 10.5. The van der Waals surface area contributed by atoms with Gasteiger partial charge in [-0.1, -0.05) is 29.0 Å². The Balaban J connectivity index is 1.56. The molecule has 1 aromatic heterocycles. The van der Waals surface area contributed by atoms with Crippen LogP contribution in [-0.2, 0) is 10.0 Å². The number of sulfonamides is 1. The highest BCUT2D eigenvalue weighted by molar-refractivity contribution is 7.89. The Hall–Kier alpha value is -2.47. The molecule has 0 spiro atoms. The van der Waals surface area contributed by atoms with E-state index in [1.54, 1.807) is 13.0 Å². The molecule has 3 aromatic rings. The zero-order valence-electron chi connectivity index (χ0n) is 16.7. The average molecular weight is 499 g/mol. The van der Waals surface area contributed by atoms with E-state index in [1.807, 2.05) is 0 Å². The fourth-order valence-corrected chi connectivity index (χ4v) is 6.26. The van der Waals surface area contributed by atoms with E-state index in [0.29, 0.717) is 35.5 Å². The van der Waals surface area contributed by atoms with Crippen LogP contribution in [0.5, 0.6) is 0 Å². The summed E-state index contributed by atoms with van der Waals surface area (Å²) in [7, 11) is -3.84. The van der Waals surface area contributed by atoms with E-state index in [0.717, 1.165) is 29.0 Å². The largest absolute Gasteiger partial charge is 0.317 e. The van der Waals surface area contributed by atoms with Crippen LogP contribution in [-0.4, -0.2) is 35.4 Å². The average Bonchev–Trinajstić information content (AvgIpc) is 3.41. The van der Waals surface area contributed by atoms with Crippen LogP contribution in [0.2, 0.25) is 5.02 Å². The molecule has 32 heavy (non-hydrogen) atoms. The monoisotopic (exact) mass is 498 g/mol. The molecule has 2 aromatic carbocycles. The third-order valence-corrected chi connectivity index (χ3v) is 8.39. The molecule has 4 rings (SSSR count). The van der Waals surface area contributed by atoms with Crippen LogP contribution in [0.4, 0.5) is 14.5 Å². The summed E-state index contributed by atoms with van der Waals surface area (Å²) in [5, 5.41) is 10.8. The normalized spacial score (nSPS) is 16.9. The first-order valence-electron chi connectivity index (χ1n) is 9.54. The van der Waals surface area contributed by atoms with Gasteiger partial charge in [-0.15, -0.1) is 10.2 Å². The van der Waals surface area contributed by atoms with Gasteiger partial charge in [0.2, 0.25) is 15.0 Å². The van der Waals surface area contributed by atoms with Crippen LogP contribution in [0.1, 0.15) is 39.3 Å². The number of carbonyl (C=O) groups excluding carboxylic acids is 1. The lowest BCUT2D eigenvalue weighted by Crippen LogP contribution is -2.30. The molecule has 1 fully saturated rings. The fraction of sp³-hybridized carbons (Fsp3) is 0.250. The van der Waals surface area contributed by atoms with Gasteiger partial charge in [-0.05, 0) is 49.6 Å². The smallest absolute Gasteiger partial charge is 0.286 e. The minimum atomic E-state index is -3.84. The van der Waals surface area contributed by atoms with Gasteiger partial charge in [0.15, 0.2) is 0 Å². The Morgan fingerprint density at radius 1 is 1.22 bits per heavy atom. The summed E-state index contributed by atoms with van der Waals surface area (Å²) < 4.78 is 54.6. The first-order valence-corrected chi connectivity index (χ1v) is 12.2. The summed E-state index contributed by atoms with van der Waals surface area (Å²) in [5.41, 5.74) is 0.565. The van der Waals surface area contributed by atoms with Crippen LogP contribution in [0.25, 0.3) is 0 Å². The van der Waals surface area contributed by atoms with Crippen molar-refractivity contribution < 1.29 is 22.0 Å².